The fourth-order valence-corrected chi connectivity index (χ4v) is 2.26. The summed E-state index contributed by atoms with van der Waals surface area (Å²) in [5.41, 5.74) is 4.71. The Balaban J connectivity index is 2.42. The molecule has 17 heavy (non-hydrogen) atoms. The third kappa shape index (κ3) is 2.31. The van der Waals surface area contributed by atoms with Gasteiger partial charge in [-0.3, -0.25) is 0 Å². The number of benzene rings is 1. The van der Waals surface area contributed by atoms with Crippen molar-refractivity contribution in [3.05, 3.63) is 28.3 Å². The molecular weight excluding hydrogens is 216 g/mol. The van der Waals surface area contributed by atoms with Crippen molar-refractivity contribution in [2.24, 2.45) is 0 Å². The van der Waals surface area contributed by atoms with E-state index < -0.39 is 0 Å². The van der Waals surface area contributed by atoms with Gasteiger partial charge in [-0.1, -0.05) is 0 Å². The summed E-state index contributed by atoms with van der Waals surface area (Å²) >= 11 is 0. The highest BCUT2D eigenvalue weighted by Crippen LogP contribution is 2.34. The topological polar surface area (TPSA) is 27.7 Å². The van der Waals surface area contributed by atoms with Gasteiger partial charge in [-0.2, -0.15) is 0 Å². The Morgan fingerprint density at radius 3 is 2.41 bits per heavy atom. The van der Waals surface area contributed by atoms with E-state index in [1.807, 2.05) is 6.92 Å². The summed E-state index contributed by atoms with van der Waals surface area (Å²) in [5.74, 6) is 0.962. The first-order chi connectivity index (χ1) is 8.15. The number of ether oxygens (including phenoxy) is 3. The summed E-state index contributed by atoms with van der Waals surface area (Å²) in [4.78, 5) is 0. The van der Waals surface area contributed by atoms with Gasteiger partial charge in [0.25, 0.3) is 0 Å². The monoisotopic (exact) mass is 236 g/mol. The average Bonchev–Trinajstić information content (AvgIpc) is 2.79. The molecule has 0 unspecified atom stereocenters. The first-order valence-corrected chi connectivity index (χ1v) is 6.11. The van der Waals surface area contributed by atoms with Gasteiger partial charge in [0.2, 0.25) is 0 Å². The van der Waals surface area contributed by atoms with Crippen LogP contribution in [0.4, 0.5) is 0 Å². The molecule has 2 rings (SSSR count). The molecule has 1 aliphatic heterocycles. The second kappa shape index (κ2) is 5.07. The van der Waals surface area contributed by atoms with Gasteiger partial charge in [-0.15, -0.1) is 0 Å². The van der Waals surface area contributed by atoms with E-state index in [2.05, 4.69) is 26.8 Å². The van der Waals surface area contributed by atoms with Crippen LogP contribution in [0.3, 0.4) is 0 Å². The Hall–Kier alpha value is -1.06. The predicted molar refractivity (Wildman–Crippen MR) is 66.5 cm³/mol. The van der Waals surface area contributed by atoms with Gasteiger partial charge in [0, 0.05) is 5.56 Å². The van der Waals surface area contributed by atoms with Crippen molar-refractivity contribution in [2.45, 2.75) is 34.0 Å². The first-order valence-electron chi connectivity index (χ1n) is 6.11. The summed E-state index contributed by atoms with van der Waals surface area (Å²) in [6, 6.07) is 2.08. The van der Waals surface area contributed by atoms with Crippen molar-refractivity contribution in [3.63, 3.8) is 0 Å². The maximum atomic E-state index is 5.63. The van der Waals surface area contributed by atoms with Crippen molar-refractivity contribution in [1.29, 1.82) is 0 Å². The minimum absolute atomic E-state index is 0.204. The second-order valence-corrected chi connectivity index (χ2v) is 4.36. The van der Waals surface area contributed by atoms with Crippen LogP contribution in [0.15, 0.2) is 6.07 Å². The lowest BCUT2D eigenvalue weighted by Crippen LogP contribution is -2.07. The highest BCUT2D eigenvalue weighted by atomic mass is 16.7. The molecule has 1 fully saturated rings. The molecule has 0 N–H and O–H groups in total. The Kier molecular flexibility index (Phi) is 3.69. The lowest BCUT2D eigenvalue weighted by molar-refractivity contribution is -0.0450. The predicted octanol–water partition coefficient (Wildman–Crippen LogP) is 3.06. The molecule has 1 aliphatic rings. The highest BCUT2D eigenvalue weighted by molar-refractivity contribution is 5.48. The Labute approximate surface area is 103 Å². The van der Waals surface area contributed by atoms with Crippen LogP contribution in [0.5, 0.6) is 5.75 Å². The van der Waals surface area contributed by atoms with Crippen molar-refractivity contribution >= 4 is 0 Å². The van der Waals surface area contributed by atoms with E-state index in [9.17, 15) is 0 Å². The lowest BCUT2D eigenvalue weighted by Gasteiger charge is -2.20. The Morgan fingerprint density at radius 1 is 1.18 bits per heavy atom. The van der Waals surface area contributed by atoms with E-state index in [0.717, 1.165) is 11.3 Å². The van der Waals surface area contributed by atoms with Gasteiger partial charge in [-0.25, -0.2) is 0 Å². The normalized spacial score (nSPS) is 16.5. The molecule has 0 aromatic heterocycles. The van der Waals surface area contributed by atoms with Crippen LogP contribution in [0, 0.1) is 20.8 Å². The number of hydrogen-bond acceptors (Lipinski definition) is 3. The molecule has 0 bridgehead atoms. The molecule has 1 saturated heterocycles. The molecule has 1 heterocycles. The van der Waals surface area contributed by atoms with E-state index in [0.29, 0.717) is 19.8 Å². The third-order valence-corrected chi connectivity index (χ3v) is 3.27. The van der Waals surface area contributed by atoms with Crippen LogP contribution in [0.25, 0.3) is 0 Å². The van der Waals surface area contributed by atoms with E-state index in [4.69, 9.17) is 14.2 Å². The van der Waals surface area contributed by atoms with Crippen molar-refractivity contribution in [1.82, 2.24) is 0 Å². The molecule has 0 spiro atoms. The molecule has 3 heteroatoms. The summed E-state index contributed by atoms with van der Waals surface area (Å²) in [5, 5.41) is 0. The zero-order chi connectivity index (χ0) is 12.4. The summed E-state index contributed by atoms with van der Waals surface area (Å²) < 4.78 is 16.8. The number of rotatable bonds is 3. The van der Waals surface area contributed by atoms with Crippen molar-refractivity contribution in [3.8, 4) is 5.75 Å². The van der Waals surface area contributed by atoms with Crippen LogP contribution >= 0.6 is 0 Å². The van der Waals surface area contributed by atoms with Gasteiger partial charge < -0.3 is 14.2 Å². The number of aryl methyl sites for hydroxylation is 1. The van der Waals surface area contributed by atoms with E-state index in [1.54, 1.807) is 0 Å². The smallest absolute Gasteiger partial charge is 0.184 e. The molecule has 94 valence electrons. The third-order valence-electron chi connectivity index (χ3n) is 3.27. The van der Waals surface area contributed by atoms with Gasteiger partial charge >= 0.3 is 0 Å². The molecule has 1 aromatic carbocycles. The standard InChI is InChI=1S/C14H20O3/c1-5-15-12-8-9(2)13(11(4)10(12)3)14-16-6-7-17-14/h8,14H,5-7H2,1-4H3. The zero-order valence-electron chi connectivity index (χ0n) is 11.0. The van der Waals surface area contributed by atoms with Crippen LogP contribution in [0.1, 0.15) is 35.5 Å². The van der Waals surface area contributed by atoms with Crippen LogP contribution < -0.4 is 4.74 Å². The van der Waals surface area contributed by atoms with E-state index >= 15 is 0 Å². The summed E-state index contributed by atoms with van der Waals surface area (Å²) in [6.07, 6.45) is -0.204. The van der Waals surface area contributed by atoms with E-state index in [-0.39, 0.29) is 6.29 Å². The molecule has 0 saturated carbocycles. The summed E-state index contributed by atoms with van der Waals surface area (Å²) in [7, 11) is 0. The molecule has 0 atom stereocenters. The minimum atomic E-state index is -0.204. The van der Waals surface area contributed by atoms with Crippen molar-refractivity contribution < 1.29 is 14.2 Å². The molecule has 0 aliphatic carbocycles. The maximum absolute atomic E-state index is 5.63. The molecule has 0 radical (unpaired) electrons. The quantitative estimate of drug-likeness (QED) is 0.807. The zero-order valence-corrected chi connectivity index (χ0v) is 11.0. The number of hydrogen-bond donors (Lipinski definition) is 0. The van der Waals surface area contributed by atoms with Crippen LogP contribution in [-0.4, -0.2) is 19.8 Å². The van der Waals surface area contributed by atoms with Crippen LogP contribution in [-0.2, 0) is 9.47 Å². The fraction of sp³-hybridized carbons (Fsp3) is 0.571. The highest BCUT2D eigenvalue weighted by Gasteiger charge is 2.24. The summed E-state index contributed by atoms with van der Waals surface area (Å²) in [6.45, 7) is 10.3. The van der Waals surface area contributed by atoms with E-state index in [1.165, 1.54) is 16.7 Å². The SMILES string of the molecule is CCOc1cc(C)c(C2OCCO2)c(C)c1C. The van der Waals surface area contributed by atoms with Gasteiger partial charge in [0.05, 0.1) is 19.8 Å². The van der Waals surface area contributed by atoms with Crippen molar-refractivity contribution in [2.75, 3.05) is 19.8 Å². The molecule has 1 aromatic rings. The molecule has 0 amide bonds. The van der Waals surface area contributed by atoms with Gasteiger partial charge in [0.1, 0.15) is 5.75 Å². The first kappa shape index (κ1) is 12.4. The minimum Gasteiger partial charge on any atom is -0.494 e. The maximum Gasteiger partial charge on any atom is 0.184 e. The Bertz CT molecular complexity index is 406. The second-order valence-electron chi connectivity index (χ2n) is 4.36. The van der Waals surface area contributed by atoms with Gasteiger partial charge in [0.15, 0.2) is 6.29 Å². The molecular formula is C14H20O3. The lowest BCUT2D eigenvalue weighted by atomic mass is 9.97. The van der Waals surface area contributed by atoms with Crippen LogP contribution in [0.2, 0.25) is 0 Å². The largest absolute Gasteiger partial charge is 0.494 e. The molecule has 3 nitrogen and oxygen atoms in total. The average molecular weight is 236 g/mol. The Morgan fingerprint density at radius 2 is 1.82 bits per heavy atom. The fourth-order valence-electron chi connectivity index (χ4n) is 2.26. The van der Waals surface area contributed by atoms with Gasteiger partial charge in [-0.05, 0) is 50.5 Å².